The van der Waals surface area contributed by atoms with Crippen molar-refractivity contribution in [3.05, 3.63) is 35.9 Å². The Morgan fingerprint density at radius 3 is 2.11 bits per heavy atom. The smallest absolute Gasteiger partial charge is 0.321 e. The first-order valence-corrected chi connectivity index (χ1v) is 6.49. The van der Waals surface area contributed by atoms with Gasteiger partial charge in [-0.1, -0.05) is 30.3 Å². The van der Waals surface area contributed by atoms with Crippen LogP contribution in [-0.2, 0) is 20.9 Å². The average Bonchev–Trinajstić information content (AvgIpc) is 2.71. The van der Waals surface area contributed by atoms with Gasteiger partial charge in [-0.3, -0.25) is 14.5 Å². The third-order valence-corrected chi connectivity index (χ3v) is 4.63. The van der Waals surface area contributed by atoms with Gasteiger partial charge in [0.2, 0.25) is 0 Å². The number of hydrogen-bond donors (Lipinski definition) is 0. The molecule has 4 heteroatoms. The van der Waals surface area contributed by atoms with E-state index in [1.165, 1.54) is 5.56 Å². The van der Waals surface area contributed by atoms with Gasteiger partial charge in [0, 0.05) is 19.6 Å². The molecule has 0 amide bonds. The van der Waals surface area contributed by atoms with Crippen LogP contribution < -0.4 is 0 Å². The van der Waals surface area contributed by atoms with E-state index in [0.29, 0.717) is 13.1 Å². The Labute approximate surface area is 112 Å². The number of hydrogen-bond acceptors (Lipinski definition) is 4. The number of rotatable bonds is 2. The minimum Gasteiger partial charge on any atom is -0.392 e. The van der Waals surface area contributed by atoms with Crippen molar-refractivity contribution >= 4 is 11.9 Å². The molecule has 1 aromatic carbocycles. The van der Waals surface area contributed by atoms with E-state index >= 15 is 0 Å². The van der Waals surface area contributed by atoms with E-state index in [4.69, 9.17) is 4.74 Å². The SMILES string of the molecule is C[C@]12CN(Cc3ccccc3)C[C@]1(C)C(=O)OC2=O. The maximum atomic E-state index is 11.9. The largest absolute Gasteiger partial charge is 0.392 e. The highest BCUT2D eigenvalue weighted by Crippen LogP contribution is 2.52. The second-order valence-electron chi connectivity index (χ2n) is 5.97. The average molecular weight is 259 g/mol. The predicted octanol–water partition coefficient (Wildman–Crippen LogP) is 1.60. The summed E-state index contributed by atoms with van der Waals surface area (Å²) in [7, 11) is 0. The molecule has 19 heavy (non-hydrogen) atoms. The molecule has 2 aliphatic heterocycles. The molecule has 0 aliphatic carbocycles. The Bertz CT molecular complexity index is 514. The molecule has 0 N–H and O–H groups in total. The first-order chi connectivity index (χ1) is 8.96. The molecule has 2 saturated heterocycles. The van der Waals surface area contributed by atoms with Gasteiger partial charge in [0.25, 0.3) is 0 Å². The number of cyclic esters (lactones) is 2. The van der Waals surface area contributed by atoms with Crippen molar-refractivity contribution in [2.45, 2.75) is 20.4 Å². The normalized spacial score (nSPS) is 34.4. The van der Waals surface area contributed by atoms with Crippen LogP contribution in [0.3, 0.4) is 0 Å². The van der Waals surface area contributed by atoms with Crippen LogP contribution in [0.2, 0.25) is 0 Å². The molecule has 0 unspecified atom stereocenters. The van der Waals surface area contributed by atoms with Crippen molar-refractivity contribution < 1.29 is 14.3 Å². The summed E-state index contributed by atoms with van der Waals surface area (Å²) < 4.78 is 4.83. The highest BCUT2D eigenvalue weighted by molar-refractivity contribution is 6.02. The number of carbonyl (C=O) groups excluding carboxylic acids is 2. The summed E-state index contributed by atoms with van der Waals surface area (Å²) in [6.07, 6.45) is 0. The molecule has 0 saturated carbocycles. The van der Waals surface area contributed by atoms with Crippen LogP contribution in [0.25, 0.3) is 0 Å². The van der Waals surface area contributed by atoms with E-state index < -0.39 is 10.8 Å². The molecule has 2 aliphatic rings. The third kappa shape index (κ3) is 1.63. The zero-order valence-corrected chi connectivity index (χ0v) is 11.2. The highest BCUT2D eigenvalue weighted by Gasteiger charge is 2.67. The molecule has 2 fully saturated rings. The molecule has 4 nitrogen and oxygen atoms in total. The van der Waals surface area contributed by atoms with Gasteiger partial charge in [-0.05, 0) is 19.4 Å². The minimum atomic E-state index is -0.709. The minimum absolute atomic E-state index is 0.379. The second kappa shape index (κ2) is 3.90. The molecule has 100 valence electrons. The molecular formula is C15H17NO3. The van der Waals surface area contributed by atoms with Crippen LogP contribution in [0, 0.1) is 10.8 Å². The summed E-state index contributed by atoms with van der Waals surface area (Å²) in [6.45, 7) is 5.58. The first kappa shape index (κ1) is 12.4. The third-order valence-electron chi connectivity index (χ3n) is 4.63. The fourth-order valence-corrected chi connectivity index (χ4v) is 3.14. The van der Waals surface area contributed by atoms with E-state index in [2.05, 4.69) is 17.0 Å². The van der Waals surface area contributed by atoms with E-state index in [1.807, 2.05) is 32.0 Å². The van der Waals surface area contributed by atoms with Crippen LogP contribution >= 0.6 is 0 Å². The quantitative estimate of drug-likeness (QED) is 0.598. The number of benzene rings is 1. The number of ether oxygens (including phenoxy) is 1. The monoisotopic (exact) mass is 259 g/mol. The topological polar surface area (TPSA) is 46.6 Å². The molecule has 1 aromatic rings. The Morgan fingerprint density at radius 1 is 1.05 bits per heavy atom. The molecule has 0 spiro atoms. The van der Waals surface area contributed by atoms with Crippen molar-refractivity contribution in [2.24, 2.45) is 10.8 Å². The fraction of sp³-hybridized carbons (Fsp3) is 0.467. The van der Waals surface area contributed by atoms with Gasteiger partial charge in [-0.25, -0.2) is 0 Å². The maximum absolute atomic E-state index is 11.9. The number of nitrogens with zero attached hydrogens (tertiary/aromatic N) is 1. The lowest BCUT2D eigenvalue weighted by Gasteiger charge is -2.24. The molecule has 2 atom stereocenters. The Hall–Kier alpha value is -1.68. The standard InChI is InChI=1S/C15H17NO3/c1-14-9-16(8-11-6-4-3-5-7-11)10-15(14,2)13(18)19-12(14)17/h3-7H,8-10H2,1-2H3/t14-,15-/m1/s1. The first-order valence-electron chi connectivity index (χ1n) is 6.49. The Kier molecular flexibility index (Phi) is 2.54. The molecule has 2 heterocycles. The molecule has 0 aromatic heterocycles. The van der Waals surface area contributed by atoms with Gasteiger partial charge < -0.3 is 4.74 Å². The van der Waals surface area contributed by atoms with Crippen molar-refractivity contribution in [1.82, 2.24) is 4.90 Å². The van der Waals surface area contributed by atoms with Gasteiger partial charge in [0.1, 0.15) is 0 Å². The molecule has 0 radical (unpaired) electrons. The van der Waals surface area contributed by atoms with E-state index in [-0.39, 0.29) is 11.9 Å². The lowest BCUT2D eigenvalue weighted by molar-refractivity contribution is -0.156. The summed E-state index contributed by atoms with van der Waals surface area (Å²) in [5.74, 6) is -0.758. The maximum Gasteiger partial charge on any atom is 0.321 e. The van der Waals surface area contributed by atoms with Crippen molar-refractivity contribution in [3.8, 4) is 0 Å². The van der Waals surface area contributed by atoms with Gasteiger partial charge >= 0.3 is 11.9 Å². The van der Waals surface area contributed by atoms with Gasteiger partial charge in [-0.2, -0.15) is 0 Å². The van der Waals surface area contributed by atoms with E-state index in [1.54, 1.807) is 0 Å². The van der Waals surface area contributed by atoms with E-state index in [9.17, 15) is 9.59 Å². The fourth-order valence-electron chi connectivity index (χ4n) is 3.14. The van der Waals surface area contributed by atoms with Crippen LogP contribution in [0.15, 0.2) is 30.3 Å². The molecular weight excluding hydrogens is 242 g/mol. The second-order valence-corrected chi connectivity index (χ2v) is 5.97. The van der Waals surface area contributed by atoms with Crippen LogP contribution in [0.5, 0.6) is 0 Å². The van der Waals surface area contributed by atoms with Crippen molar-refractivity contribution in [1.29, 1.82) is 0 Å². The summed E-state index contributed by atoms with van der Waals surface area (Å²) >= 11 is 0. The van der Waals surface area contributed by atoms with Crippen LogP contribution in [0.4, 0.5) is 0 Å². The summed E-state index contributed by atoms with van der Waals surface area (Å²) in [5, 5.41) is 0. The number of esters is 2. The lowest BCUT2D eigenvalue weighted by Crippen LogP contribution is -2.38. The van der Waals surface area contributed by atoms with Gasteiger partial charge in [0.05, 0.1) is 10.8 Å². The van der Waals surface area contributed by atoms with Crippen LogP contribution in [0.1, 0.15) is 19.4 Å². The molecule has 0 bridgehead atoms. The number of likely N-dealkylation sites (tertiary alicyclic amines) is 1. The zero-order valence-electron chi connectivity index (χ0n) is 11.2. The van der Waals surface area contributed by atoms with Crippen molar-refractivity contribution in [2.75, 3.05) is 13.1 Å². The highest BCUT2D eigenvalue weighted by atomic mass is 16.6. The number of carbonyl (C=O) groups is 2. The Morgan fingerprint density at radius 2 is 1.58 bits per heavy atom. The molecule has 3 rings (SSSR count). The van der Waals surface area contributed by atoms with Crippen molar-refractivity contribution in [3.63, 3.8) is 0 Å². The summed E-state index contributed by atoms with van der Waals surface area (Å²) in [5.41, 5.74) is -0.229. The lowest BCUT2D eigenvalue weighted by atomic mass is 9.70. The van der Waals surface area contributed by atoms with E-state index in [0.717, 1.165) is 6.54 Å². The predicted molar refractivity (Wildman–Crippen MR) is 69.0 cm³/mol. The van der Waals surface area contributed by atoms with Gasteiger partial charge in [0.15, 0.2) is 0 Å². The summed E-state index contributed by atoms with van der Waals surface area (Å²) in [4.78, 5) is 26.0. The van der Waals surface area contributed by atoms with Crippen LogP contribution in [-0.4, -0.2) is 29.9 Å². The Balaban J connectivity index is 1.84. The zero-order chi connectivity index (χ0) is 13.7. The number of fused-ring (bicyclic) bond motifs is 1. The summed E-state index contributed by atoms with van der Waals surface area (Å²) in [6, 6.07) is 10.1. The van der Waals surface area contributed by atoms with Gasteiger partial charge in [-0.15, -0.1) is 0 Å².